The summed E-state index contributed by atoms with van der Waals surface area (Å²) in [4.78, 5) is 34.2. The first-order valence-corrected chi connectivity index (χ1v) is 7.23. The number of nitro groups is 1. The number of ether oxygens (including phenoxy) is 1. The Morgan fingerprint density at radius 1 is 1.21 bits per heavy atom. The second-order valence-electron chi connectivity index (χ2n) is 4.83. The minimum atomic E-state index is -0.945. The maximum absolute atomic E-state index is 12.0. The summed E-state index contributed by atoms with van der Waals surface area (Å²) in [6.45, 7) is 0.925. The molecule has 2 rings (SSSR count). The smallest absolute Gasteiger partial charge is 0.345 e. The molecule has 0 aliphatic rings. The molecule has 0 aliphatic heterocycles. The number of hydrogen-bond donors (Lipinski definition) is 1. The molecular weight excluding hydrogens is 336 g/mol. The highest BCUT2D eigenvalue weighted by Gasteiger charge is 2.24. The van der Waals surface area contributed by atoms with Gasteiger partial charge in [0.1, 0.15) is 5.56 Å². The van der Waals surface area contributed by atoms with Gasteiger partial charge in [-0.05, 0) is 25.1 Å². The van der Waals surface area contributed by atoms with E-state index in [4.69, 9.17) is 16.3 Å². The van der Waals surface area contributed by atoms with Crippen molar-refractivity contribution in [3.05, 3.63) is 68.7 Å². The number of hydrogen-bond acceptors (Lipinski definition) is 5. The van der Waals surface area contributed by atoms with E-state index >= 15 is 0 Å². The lowest BCUT2D eigenvalue weighted by Gasteiger charge is -2.08. The second-order valence-corrected chi connectivity index (χ2v) is 5.24. The number of aryl methyl sites for hydroxylation is 1. The number of para-hydroxylation sites is 2. The number of benzene rings is 2. The van der Waals surface area contributed by atoms with Gasteiger partial charge >= 0.3 is 5.97 Å². The zero-order valence-electron chi connectivity index (χ0n) is 12.6. The molecule has 0 bridgehead atoms. The van der Waals surface area contributed by atoms with Gasteiger partial charge in [0, 0.05) is 5.56 Å². The maximum atomic E-state index is 12.0. The van der Waals surface area contributed by atoms with Gasteiger partial charge in [-0.15, -0.1) is 0 Å². The Kier molecular flexibility index (Phi) is 5.49. The van der Waals surface area contributed by atoms with Crippen molar-refractivity contribution in [2.75, 3.05) is 11.9 Å². The fourth-order valence-electron chi connectivity index (χ4n) is 2.02. The zero-order chi connectivity index (χ0) is 17.7. The molecule has 0 saturated heterocycles. The van der Waals surface area contributed by atoms with Crippen molar-refractivity contribution in [1.82, 2.24) is 0 Å². The van der Waals surface area contributed by atoms with Crippen LogP contribution in [0, 0.1) is 17.0 Å². The molecule has 0 spiro atoms. The van der Waals surface area contributed by atoms with E-state index < -0.39 is 23.4 Å². The molecule has 0 heterocycles. The highest BCUT2D eigenvalue weighted by atomic mass is 35.5. The van der Waals surface area contributed by atoms with Gasteiger partial charge in [0.25, 0.3) is 11.6 Å². The Morgan fingerprint density at radius 3 is 2.58 bits per heavy atom. The minimum Gasteiger partial charge on any atom is -0.452 e. The van der Waals surface area contributed by atoms with Crippen LogP contribution in [-0.4, -0.2) is 23.4 Å². The molecule has 7 nitrogen and oxygen atoms in total. The van der Waals surface area contributed by atoms with Gasteiger partial charge in [0.05, 0.1) is 15.6 Å². The fraction of sp³-hybridized carbons (Fsp3) is 0.125. The summed E-state index contributed by atoms with van der Waals surface area (Å²) in [5, 5.41) is 13.9. The van der Waals surface area contributed by atoms with E-state index in [0.29, 0.717) is 16.3 Å². The largest absolute Gasteiger partial charge is 0.452 e. The molecule has 1 amide bonds. The topological polar surface area (TPSA) is 98.5 Å². The van der Waals surface area contributed by atoms with Gasteiger partial charge in [0.2, 0.25) is 0 Å². The first-order chi connectivity index (χ1) is 11.4. The number of nitrogens with zero attached hydrogens (tertiary/aromatic N) is 1. The van der Waals surface area contributed by atoms with Crippen LogP contribution >= 0.6 is 11.6 Å². The van der Waals surface area contributed by atoms with E-state index in [0.717, 1.165) is 0 Å². The van der Waals surface area contributed by atoms with Crippen LogP contribution in [0.1, 0.15) is 15.9 Å². The summed E-state index contributed by atoms with van der Waals surface area (Å²) in [5.74, 6) is -1.55. The standard InChI is InChI=1S/C16H13ClN2O5/c1-10-5-4-6-11(15(10)19(22)23)16(21)24-9-14(20)18-13-8-3-2-7-12(13)17/h2-8H,9H2,1H3,(H,18,20). The monoisotopic (exact) mass is 348 g/mol. The number of esters is 1. The number of amides is 1. The van der Waals surface area contributed by atoms with Gasteiger partial charge in [-0.3, -0.25) is 14.9 Å². The number of carbonyl (C=O) groups is 2. The van der Waals surface area contributed by atoms with Gasteiger partial charge < -0.3 is 10.1 Å². The zero-order valence-corrected chi connectivity index (χ0v) is 13.4. The van der Waals surface area contributed by atoms with Gasteiger partial charge in [-0.25, -0.2) is 4.79 Å². The quantitative estimate of drug-likeness (QED) is 0.507. The lowest BCUT2D eigenvalue weighted by Crippen LogP contribution is -2.21. The van der Waals surface area contributed by atoms with E-state index in [1.807, 2.05) is 0 Å². The van der Waals surface area contributed by atoms with Gasteiger partial charge in [-0.1, -0.05) is 35.9 Å². The fourth-order valence-corrected chi connectivity index (χ4v) is 2.21. The third-order valence-corrected chi connectivity index (χ3v) is 3.45. The van der Waals surface area contributed by atoms with Crippen LogP contribution in [0.4, 0.5) is 11.4 Å². The molecule has 24 heavy (non-hydrogen) atoms. The van der Waals surface area contributed by atoms with Crippen molar-refractivity contribution in [3.63, 3.8) is 0 Å². The number of nitro benzene ring substituents is 1. The SMILES string of the molecule is Cc1cccc(C(=O)OCC(=O)Nc2ccccc2Cl)c1[N+](=O)[O-]. The van der Waals surface area contributed by atoms with Crippen LogP contribution in [0.3, 0.4) is 0 Å². The predicted octanol–water partition coefficient (Wildman–Crippen LogP) is 3.35. The number of anilines is 1. The molecule has 2 aromatic rings. The number of halogens is 1. The maximum Gasteiger partial charge on any atom is 0.345 e. The summed E-state index contributed by atoms with van der Waals surface area (Å²) < 4.78 is 4.85. The summed E-state index contributed by atoms with van der Waals surface area (Å²) >= 11 is 5.90. The first kappa shape index (κ1) is 17.4. The van der Waals surface area contributed by atoms with Crippen molar-refractivity contribution < 1.29 is 19.2 Å². The molecule has 0 aliphatic carbocycles. The predicted molar refractivity (Wildman–Crippen MR) is 88.2 cm³/mol. The van der Waals surface area contributed by atoms with E-state index in [2.05, 4.69) is 5.32 Å². The molecule has 2 aromatic carbocycles. The Balaban J connectivity index is 2.04. The highest BCUT2D eigenvalue weighted by molar-refractivity contribution is 6.33. The van der Waals surface area contributed by atoms with Crippen LogP contribution < -0.4 is 5.32 Å². The van der Waals surface area contributed by atoms with Crippen molar-refractivity contribution in [2.24, 2.45) is 0 Å². The molecule has 124 valence electrons. The average molecular weight is 349 g/mol. The Morgan fingerprint density at radius 2 is 1.92 bits per heavy atom. The summed E-state index contributed by atoms with van der Waals surface area (Å²) in [6.07, 6.45) is 0. The van der Waals surface area contributed by atoms with Crippen LogP contribution in [0.15, 0.2) is 42.5 Å². The van der Waals surface area contributed by atoms with E-state index in [1.165, 1.54) is 25.1 Å². The van der Waals surface area contributed by atoms with Crippen LogP contribution in [0.5, 0.6) is 0 Å². The van der Waals surface area contributed by atoms with Crippen molar-refractivity contribution in [2.45, 2.75) is 6.92 Å². The van der Waals surface area contributed by atoms with Crippen LogP contribution in [-0.2, 0) is 9.53 Å². The average Bonchev–Trinajstić information content (AvgIpc) is 2.54. The lowest BCUT2D eigenvalue weighted by atomic mass is 10.1. The molecule has 0 atom stereocenters. The first-order valence-electron chi connectivity index (χ1n) is 6.85. The Labute approximate surface area is 142 Å². The van der Waals surface area contributed by atoms with Gasteiger partial charge in [0.15, 0.2) is 6.61 Å². The molecule has 0 unspecified atom stereocenters. The second kappa shape index (κ2) is 7.56. The van der Waals surface area contributed by atoms with E-state index in [-0.39, 0.29) is 11.3 Å². The van der Waals surface area contributed by atoms with Gasteiger partial charge in [-0.2, -0.15) is 0 Å². The molecule has 0 saturated carbocycles. The number of nitrogens with one attached hydrogen (secondary N) is 1. The van der Waals surface area contributed by atoms with Crippen molar-refractivity contribution >= 4 is 34.9 Å². The summed E-state index contributed by atoms with van der Waals surface area (Å²) in [6, 6.07) is 10.9. The number of rotatable bonds is 5. The third kappa shape index (κ3) is 4.08. The lowest BCUT2D eigenvalue weighted by molar-refractivity contribution is -0.385. The van der Waals surface area contributed by atoms with E-state index in [9.17, 15) is 19.7 Å². The molecule has 1 N–H and O–H groups in total. The molecule has 0 aromatic heterocycles. The van der Waals surface area contributed by atoms with Crippen LogP contribution in [0.2, 0.25) is 5.02 Å². The highest BCUT2D eigenvalue weighted by Crippen LogP contribution is 2.24. The van der Waals surface area contributed by atoms with E-state index in [1.54, 1.807) is 24.3 Å². The minimum absolute atomic E-state index is 0.203. The van der Waals surface area contributed by atoms with Crippen molar-refractivity contribution in [1.29, 1.82) is 0 Å². The molecule has 8 heteroatoms. The summed E-state index contributed by atoms with van der Waals surface area (Å²) in [5.41, 5.74) is 0.163. The Bertz CT molecular complexity index is 807. The molecular formula is C16H13ClN2O5. The molecule has 0 radical (unpaired) electrons. The normalized spacial score (nSPS) is 10.1. The van der Waals surface area contributed by atoms with Crippen LogP contribution in [0.25, 0.3) is 0 Å². The van der Waals surface area contributed by atoms with Crippen molar-refractivity contribution in [3.8, 4) is 0 Å². The molecule has 0 fully saturated rings. The third-order valence-electron chi connectivity index (χ3n) is 3.12. The Hall–Kier alpha value is -2.93. The number of carbonyl (C=O) groups excluding carboxylic acids is 2. The summed E-state index contributed by atoms with van der Waals surface area (Å²) in [7, 11) is 0.